The van der Waals surface area contributed by atoms with E-state index in [1.807, 2.05) is 19.1 Å². The van der Waals surface area contributed by atoms with E-state index in [1.54, 1.807) is 0 Å². The largest absolute Gasteiger partial charge is 0.307 e. The van der Waals surface area contributed by atoms with Crippen LogP contribution in [0.5, 0.6) is 0 Å². The van der Waals surface area contributed by atoms with E-state index in [4.69, 9.17) is 0 Å². The van der Waals surface area contributed by atoms with Crippen molar-refractivity contribution in [1.82, 2.24) is 5.32 Å². The van der Waals surface area contributed by atoms with Gasteiger partial charge in [0.15, 0.2) is 5.78 Å². The molecular formula is C17H19NO. The quantitative estimate of drug-likeness (QED) is 0.830. The highest BCUT2D eigenvalue weighted by Crippen LogP contribution is 2.25. The van der Waals surface area contributed by atoms with E-state index in [2.05, 4.69) is 29.6 Å². The van der Waals surface area contributed by atoms with Gasteiger partial charge in [-0.2, -0.15) is 0 Å². The molecule has 0 aliphatic carbocycles. The first-order valence-electron chi connectivity index (χ1n) is 7.03. The number of aryl methyl sites for hydroxylation is 1. The number of hydrogen-bond acceptors (Lipinski definition) is 2. The first-order chi connectivity index (χ1) is 9.27. The summed E-state index contributed by atoms with van der Waals surface area (Å²) in [6, 6.07) is 12.3. The highest BCUT2D eigenvalue weighted by atomic mass is 16.1. The summed E-state index contributed by atoms with van der Waals surface area (Å²) in [7, 11) is 0. The molecule has 1 N–H and O–H groups in total. The lowest BCUT2D eigenvalue weighted by Crippen LogP contribution is -2.40. The van der Waals surface area contributed by atoms with Crippen LogP contribution in [0.25, 0.3) is 10.8 Å². The van der Waals surface area contributed by atoms with Gasteiger partial charge in [0.2, 0.25) is 0 Å². The minimum Gasteiger partial charge on any atom is -0.307 e. The third-order valence-electron chi connectivity index (χ3n) is 4.01. The van der Waals surface area contributed by atoms with Crippen LogP contribution in [0.2, 0.25) is 0 Å². The Morgan fingerprint density at radius 3 is 2.79 bits per heavy atom. The average molecular weight is 253 g/mol. The van der Waals surface area contributed by atoms with E-state index < -0.39 is 0 Å². The maximum Gasteiger partial charge on any atom is 0.180 e. The van der Waals surface area contributed by atoms with E-state index in [-0.39, 0.29) is 11.8 Å². The molecule has 2 aromatic rings. The van der Waals surface area contributed by atoms with Crippen LogP contribution in [-0.2, 0) is 0 Å². The zero-order valence-corrected chi connectivity index (χ0v) is 11.3. The van der Waals surface area contributed by atoms with Gasteiger partial charge in [-0.25, -0.2) is 0 Å². The Morgan fingerprint density at radius 2 is 2.00 bits per heavy atom. The van der Waals surface area contributed by atoms with Crippen LogP contribution in [-0.4, -0.2) is 18.4 Å². The van der Waals surface area contributed by atoms with Gasteiger partial charge in [-0.15, -0.1) is 0 Å². The van der Waals surface area contributed by atoms with Gasteiger partial charge < -0.3 is 5.32 Å². The molecule has 0 saturated carbocycles. The molecule has 2 heteroatoms. The normalized spacial score (nSPS) is 19.5. The van der Waals surface area contributed by atoms with Crippen molar-refractivity contribution in [3.8, 4) is 0 Å². The molecule has 1 saturated heterocycles. The number of hydrogen-bond donors (Lipinski definition) is 1. The predicted molar refractivity (Wildman–Crippen MR) is 78.7 cm³/mol. The van der Waals surface area contributed by atoms with Crippen molar-refractivity contribution in [2.24, 2.45) is 0 Å². The Labute approximate surface area is 113 Å². The fourth-order valence-corrected chi connectivity index (χ4v) is 2.96. The van der Waals surface area contributed by atoms with E-state index in [0.717, 1.165) is 41.3 Å². The van der Waals surface area contributed by atoms with Crippen LogP contribution in [0.4, 0.5) is 0 Å². The van der Waals surface area contributed by atoms with Gasteiger partial charge >= 0.3 is 0 Å². The molecule has 0 radical (unpaired) electrons. The van der Waals surface area contributed by atoms with Crippen molar-refractivity contribution in [2.45, 2.75) is 32.2 Å². The van der Waals surface area contributed by atoms with Gasteiger partial charge in [0, 0.05) is 5.56 Å². The number of ketones is 1. The summed E-state index contributed by atoms with van der Waals surface area (Å²) >= 11 is 0. The van der Waals surface area contributed by atoms with Crippen molar-refractivity contribution in [3.63, 3.8) is 0 Å². The number of carbonyl (C=O) groups excluding carboxylic acids is 1. The molecule has 3 rings (SSSR count). The van der Waals surface area contributed by atoms with Crippen LogP contribution in [0.3, 0.4) is 0 Å². The van der Waals surface area contributed by atoms with Crippen molar-refractivity contribution >= 4 is 16.6 Å². The molecule has 1 fully saturated rings. The molecule has 1 aliphatic heterocycles. The molecule has 0 amide bonds. The standard InChI is InChI=1S/C17H19NO/c1-12-9-10-13-6-2-3-7-14(13)16(12)17(19)15-8-4-5-11-18-15/h2-3,6-7,9-10,15,18H,4-5,8,11H2,1H3. The van der Waals surface area contributed by atoms with Crippen molar-refractivity contribution in [3.05, 3.63) is 47.5 Å². The maximum absolute atomic E-state index is 12.8. The molecule has 1 unspecified atom stereocenters. The first-order valence-corrected chi connectivity index (χ1v) is 7.03. The average Bonchev–Trinajstić information content (AvgIpc) is 2.47. The molecule has 1 atom stereocenters. The Kier molecular flexibility index (Phi) is 3.34. The molecule has 0 spiro atoms. The summed E-state index contributed by atoms with van der Waals surface area (Å²) in [5.74, 6) is 0.258. The van der Waals surface area contributed by atoms with Crippen molar-refractivity contribution in [1.29, 1.82) is 0 Å². The van der Waals surface area contributed by atoms with E-state index in [9.17, 15) is 4.79 Å². The lowest BCUT2D eigenvalue weighted by atomic mass is 9.90. The van der Waals surface area contributed by atoms with Gasteiger partial charge in [0.25, 0.3) is 0 Å². The van der Waals surface area contributed by atoms with Crippen LogP contribution >= 0.6 is 0 Å². The van der Waals surface area contributed by atoms with Crippen LogP contribution in [0, 0.1) is 6.92 Å². The lowest BCUT2D eigenvalue weighted by molar-refractivity contribution is 0.0928. The smallest absolute Gasteiger partial charge is 0.180 e. The third kappa shape index (κ3) is 2.28. The molecule has 0 bridgehead atoms. The molecular weight excluding hydrogens is 234 g/mol. The Hall–Kier alpha value is -1.67. The summed E-state index contributed by atoms with van der Waals surface area (Å²) < 4.78 is 0. The topological polar surface area (TPSA) is 29.1 Å². The molecule has 1 heterocycles. The molecule has 2 nitrogen and oxygen atoms in total. The van der Waals surface area contributed by atoms with Gasteiger partial charge in [0.1, 0.15) is 0 Å². The highest BCUT2D eigenvalue weighted by Gasteiger charge is 2.24. The summed E-state index contributed by atoms with van der Waals surface area (Å²) in [5.41, 5.74) is 1.98. The number of Topliss-reactive ketones (excluding diaryl/α,β-unsaturated/α-hetero) is 1. The Morgan fingerprint density at radius 1 is 1.16 bits per heavy atom. The lowest BCUT2D eigenvalue weighted by Gasteiger charge is -2.23. The van der Waals surface area contributed by atoms with Gasteiger partial charge in [0.05, 0.1) is 6.04 Å². The molecule has 98 valence electrons. The van der Waals surface area contributed by atoms with Gasteiger partial charge in [-0.1, -0.05) is 42.8 Å². The summed E-state index contributed by atoms with van der Waals surface area (Å²) in [5, 5.41) is 5.59. The van der Waals surface area contributed by atoms with Crippen LogP contribution < -0.4 is 5.32 Å². The monoisotopic (exact) mass is 253 g/mol. The van der Waals surface area contributed by atoms with Crippen LogP contribution in [0.1, 0.15) is 35.2 Å². The highest BCUT2D eigenvalue weighted by molar-refractivity contribution is 6.11. The number of piperidine rings is 1. The zero-order chi connectivity index (χ0) is 13.2. The number of fused-ring (bicyclic) bond motifs is 1. The van der Waals surface area contributed by atoms with E-state index in [1.165, 1.54) is 6.42 Å². The minimum absolute atomic E-state index is 0.00161. The summed E-state index contributed by atoms with van der Waals surface area (Å²) in [6.45, 7) is 2.99. The van der Waals surface area contributed by atoms with E-state index in [0.29, 0.717) is 0 Å². The fourth-order valence-electron chi connectivity index (χ4n) is 2.96. The Balaban J connectivity index is 2.08. The number of nitrogens with one attached hydrogen (secondary N) is 1. The number of carbonyl (C=O) groups is 1. The SMILES string of the molecule is Cc1ccc2ccccc2c1C(=O)C1CCCCN1. The van der Waals surface area contributed by atoms with E-state index >= 15 is 0 Å². The third-order valence-corrected chi connectivity index (χ3v) is 4.01. The zero-order valence-electron chi connectivity index (χ0n) is 11.3. The number of rotatable bonds is 2. The molecule has 19 heavy (non-hydrogen) atoms. The predicted octanol–water partition coefficient (Wildman–Crippen LogP) is 3.47. The van der Waals surface area contributed by atoms with Gasteiger partial charge in [-0.3, -0.25) is 4.79 Å². The minimum atomic E-state index is -0.00161. The second kappa shape index (κ2) is 5.14. The summed E-state index contributed by atoms with van der Waals surface area (Å²) in [4.78, 5) is 12.8. The molecule has 0 aromatic heterocycles. The molecule has 1 aliphatic rings. The molecule has 2 aromatic carbocycles. The summed E-state index contributed by atoms with van der Waals surface area (Å²) in [6.07, 6.45) is 3.28. The maximum atomic E-state index is 12.8. The Bertz CT molecular complexity index is 612. The fraction of sp³-hybridized carbons (Fsp3) is 0.353. The van der Waals surface area contributed by atoms with Gasteiger partial charge in [-0.05, 0) is 42.6 Å². The van der Waals surface area contributed by atoms with Crippen molar-refractivity contribution < 1.29 is 4.79 Å². The van der Waals surface area contributed by atoms with Crippen molar-refractivity contribution in [2.75, 3.05) is 6.54 Å². The first kappa shape index (κ1) is 12.4. The van der Waals surface area contributed by atoms with Crippen LogP contribution in [0.15, 0.2) is 36.4 Å². The second-order valence-corrected chi connectivity index (χ2v) is 5.35. The number of benzene rings is 2. The second-order valence-electron chi connectivity index (χ2n) is 5.35.